The molecule has 4 heteroatoms. The van der Waals surface area contributed by atoms with Crippen LogP contribution >= 0.6 is 11.3 Å². The quantitative estimate of drug-likeness (QED) is 0.584. The van der Waals surface area contributed by atoms with Crippen LogP contribution in [0.1, 0.15) is 5.56 Å². The minimum absolute atomic E-state index is 0.529. The summed E-state index contributed by atoms with van der Waals surface area (Å²) in [4.78, 5) is 1.16. The van der Waals surface area contributed by atoms with Crippen LogP contribution in [-0.4, -0.2) is 10.2 Å². The Morgan fingerprint density at radius 1 is 1.00 bits per heavy atom. The highest BCUT2D eigenvalue weighted by molar-refractivity contribution is 7.22. The third kappa shape index (κ3) is 2.49. The van der Waals surface area contributed by atoms with Gasteiger partial charge in [-0.1, -0.05) is 48.5 Å². The van der Waals surface area contributed by atoms with Crippen LogP contribution in [0.25, 0.3) is 20.5 Å². The van der Waals surface area contributed by atoms with Gasteiger partial charge in [0.1, 0.15) is 6.61 Å². The molecule has 0 spiro atoms. The van der Waals surface area contributed by atoms with E-state index in [1.54, 1.807) is 11.3 Å². The van der Waals surface area contributed by atoms with Crippen LogP contribution in [0.15, 0.2) is 66.9 Å². The van der Waals surface area contributed by atoms with Crippen molar-refractivity contribution in [1.82, 2.24) is 10.2 Å². The van der Waals surface area contributed by atoms with Gasteiger partial charge >= 0.3 is 0 Å². The number of H-pyrrole nitrogens is 1. The molecule has 4 aromatic rings. The monoisotopic (exact) mass is 306 g/mol. The topological polar surface area (TPSA) is 37.9 Å². The van der Waals surface area contributed by atoms with E-state index in [0.29, 0.717) is 6.61 Å². The first kappa shape index (κ1) is 13.1. The molecular formula is C18H14N2OS. The summed E-state index contributed by atoms with van der Waals surface area (Å²) in [6.45, 7) is 0.529. The Bertz CT molecular complexity index is 863. The van der Waals surface area contributed by atoms with Crippen molar-refractivity contribution >= 4 is 21.4 Å². The van der Waals surface area contributed by atoms with Gasteiger partial charge in [-0.3, -0.25) is 0 Å². The summed E-state index contributed by atoms with van der Waals surface area (Å²) in [5.41, 5.74) is 2.15. The zero-order valence-corrected chi connectivity index (χ0v) is 12.6. The lowest BCUT2D eigenvalue weighted by molar-refractivity contribution is 0.295. The molecule has 108 valence electrons. The van der Waals surface area contributed by atoms with Crippen LogP contribution in [0.2, 0.25) is 0 Å². The molecule has 0 aliphatic rings. The zero-order chi connectivity index (χ0) is 14.8. The molecule has 3 nitrogen and oxygen atoms in total. The first-order chi connectivity index (χ1) is 10.9. The van der Waals surface area contributed by atoms with E-state index in [4.69, 9.17) is 4.74 Å². The molecule has 0 unspecified atom stereocenters. The SMILES string of the molecule is c1ccc(COc2[nH]ncc2-c2cc3ccccc3s2)cc1. The van der Waals surface area contributed by atoms with Crippen molar-refractivity contribution in [2.24, 2.45) is 0 Å². The van der Waals surface area contributed by atoms with E-state index in [9.17, 15) is 0 Å². The van der Waals surface area contributed by atoms with E-state index >= 15 is 0 Å². The maximum atomic E-state index is 5.90. The summed E-state index contributed by atoms with van der Waals surface area (Å²) in [5, 5.41) is 8.34. The number of ether oxygens (including phenoxy) is 1. The highest BCUT2D eigenvalue weighted by Gasteiger charge is 2.12. The Labute approximate surface area is 132 Å². The molecule has 0 fully saturated rings. The lowest BCUT2D eigenvalue weighted by Crippen LogP contribution is -1.96. The van der Waals surface area contributed by atoms with E-state index < -0.39 is 0 Å². The van der Waals surface area contributed by atoms with Crippen molar-refractivity contribution in [3.63, 3.8) is 0 Å². The molecule has 0 bridgehead atoms. The number of rotatable bonds is 4. The first-order valence-corrected chi connectivity index (χ1v) is 7.91. The molecule has 0 aliphatic heterocycles. The van der Waals surface area contributed by atoms with Gasteiger partial charge in [0.15, 0.2) is 0 Å². The van der Waals surface area contributed by atoms with Gasteiger partial charge in [-0.25, -0.2) is 5.10 Å². The fraction of sp³-hybridized carbons (Fsp3) is 0.0556. The molecule has 2 aromatic heterocycles. The van der Waals surface area contributed by atoms with Gasteiger partial charge in [0.2, 0.25) is 5.88 Å². The van der Waals surface area contributed by atoms with Crippen LogP contribution < -0.4 is 4.74 Å². The predicted molar refractivity (Wildman–Crippen MR) is 90.2 cm³/mol. The lowest BCUT2D eigenvalue weighted by atomic mass is 10.2. The highest BCUT2D eigenvalue weighted by Crippen LogP contribution is 2.37. The predicted octanol–water partition coefficient (Wildman–Crippen LogP) is 4.87. The van der Waals surface area contributed by atoms with Crippen LogP contribution in [-0.2, 0) is 6.61 Å². The third-order valence-electron chi connectivity index (χ3n) is 3.52. The molecule has 0 amide bonds. The zero-order valence-electron chi connectivity index (χ0n) is 11.8. The summed E-state index contributed by atoms with van der Waals surface area (Å²) in [6, 6.07) is 20.7. The van der Waals surface area contributed by atoms with E-state index in [0.717, 1.165) is 21.9 Å². The number of thiophene rings is 1. The third-order valence-corrected chi connectivity index (χ3v) is 4.67. The van der Waals surface area contributed by atoms with Crippen LogP contribution in [0.5, 0.6) is 5.88 Å². The average Bonchev–Trinajstić information content (AvgIpc) is 3.20. The average molecular weight is 306 g/mol. The van der Waals surface area contributed by atoms with E-state index in [1.165, 1.54) is 10.1 Å². The minimum atomic E-state index is 0.529. The second-order valence-electron chi connectivity index (χ2n) is 5.04. The second-order valence-corrected chi connectivity index (χ2v) is 6.12. The number of aromatic nitrogens is 2. The number of nitrogens with zero attached hydrogens (tertiary/aromatic N) is 1. The van der Waals surface area contributed by atoms with E-state index in [2.05, 4.69) is 52.7 Å². The Hall–Kier alpha value is -2.59. The second kappa shape index (κ2) is 5.66. The van der Waals surface area contributed by atoms with Crippen molar-refractivity contribution < 1.29 is 4.74 Å². The molecule has 22 heavy (non-hydrogen) atoms. The highest BCUT2D eigenvalue weighted by atomic mass is 32.1. The molecule has 0 saturated heterocycles. The Morgan fingerprint density at radius 3 is 2.68 bits per heavy atom. The Balaban J connectivity index is 1.62. The van der Waals surface area contributed by atoms with Gasteiger partial charge in [-0.05, 0) is 23.1 Å². The van der Waals surface area contributed by atoms with Gasteiger partial charge in [-0.2, -0.15) is 5.10 Å². The fourth-order valence-corrected chi connectivity index (χ4v) is 3.47. The first-order valence-electron chi connectivity index (χ1n) is 7.09. The number of fused-ring (bicyclic) bond motifs is 1. The summed E-state index contributed by atoms with van der Waals surface area (Å²) in [5.74, 6) is 0.718. The molecule has 0 radical (unpaired) electrons. The van der Waals surface area contributed by atoms with Gasteiger partial charge in [0.25, 0.3) is 0 Å². The van der Waals surface area contributed by atoms with Crippen molar-refractivity contribution in [3.8, 4) is 16.3 Å². The van der Waals surface area contributed by atoms with E-state index in [1.807, 2.05) is 24.4 Å². The molecule has 2 aromatic carbocycles. The van der Waals surface area contributed by atoms with Gasteiger partial charge in [0.05, 0.1) is 11.8 Å². The Morgan fingerprint density at radius 2 is 1.82 bits per heavy atom. The molecular weight excluding hydrogens is 292 g/mol. The van der Waals surface area contributed by atoms with Crippen molar-refractivity contribution in [1.29, 1.82) is 0 Å². The van der Waals surface area contributed by atoms with Crippen LogP contribution in [0.4, 0.5) is 0 Å². The van der Waals surface area contributed by atoms with Gasteiger partial charge in [-0.15, -0.1) is 11.3 Å². The number of aromatic amines is 1. The maximum Gasteiger partial charge on any atom is 0.218 e. The molecule has 1 N–H and O–H groups in total. The summed E-state index contributed by atoms with van der Waals surface area (Å²) in [6.07, 6.45) is 1.82. The largest absolute Gasteiger partial charge is 0.473 e. The van der Waals surface area contributed by atoms with E-state index in [-0.39, 0.29) is 0 Å². The summed E-state index contributed by atoms with van der Waals surface area (Å²) >= 11 is 1.75. The minimum Gasteiger partial charge on any atom is -0.473 e. The maximum absolute atomic E-state index is 5.90. The number of nitrogens with one attached hydrogen (secondary N) is 1. The smallest absolute Gasteiger partial charge is 0.218 e. The molecule has 4 rings (SSSR count). The number of hydrogen-bond donors (Lipinski definition) is 1. The fourth-order valence-electron chi connectivity index (χ4n) is 2.40. The standard InChI is InChI=1S/C18H14N2OS/c1-2-6-13(7-3-1)12-21-18-15(11-19-20-18)17-10-14-8-4-5-9-16(14)22-17/h1-11H,12H2,(H,19,20). The lowest BCUT2D eigenvalue weighted by Gasteiger charge is -2.05. The number of hydrogen-bond acceptors (Lipinski definition) is 3. The number of benzene rings is 2. The summed E-state index contributed by atoms with van der Waals surface area (Å²) < 4.78 is 7.17. The molecule has 0 saturated carbocycles. The molecule has 0 aliphatic carbocycles. The van der Waals surface area contributed by atoms with Crippen LogP contribution in [0.3, 0.4) is 0 Å². The normalized spacial score (nSPS) is 10.9. The molecule has 0 atom stereocenters. The van der Waals surface area contributed by atoms with Crippen LogP contribution in [0, 0.1) is 0 Å². The molecule has 2 heterocycles. The Kier molecular flexibility index (Phi) is 3.37. The van der Waals surface area contributed by atoms with Gasteiger partial charge < -0.3 is 4.74 Å². The summed E-state index contributed by atoms with van der Waals surface area (Å²) in [7, 11) is 0. The van der Waals surface area contributed by atoms with Crippen molar-refractivity contribution in [2.75, 3.05) is 0 Å². The van der Waals surface area contributed by atoms with Gasteiger partial charge in [0, 0.05) is 9.58 Å². The van der Waals surface area contributed by atoms with Crippen molar-refractivity contribution in [2.45, 2.75) is 6.61 Å². The van der Waals surface area contributed by atoms with Crippen molar-refractivity contribution in [3.05, 3.63) is 72.4 Å².